The van der Waals surface area contributed by atoms with Gasteiger partial charge in [-0.1, -0.05) is 176 Å². The van der Waals surface area contributed by atoms with Gasteiger partial charge in [-0.3, -0.25) is 0 Å². The summed E-state index contributed by atoms with van der Waals surface area (Å²) in [5, 5.41) is 17.3. The fourth-order valence-electron chi connectivity index (χ4n) is 10.9. The molecule has 0 radical (unpaired) electrons. The summed E-state index contributed by atoms with van der Waals surface area (Å²) in [6, 6.07) is 80.6. The Morgan fingerprint density at radius 2 is 0.734 bits per heavy atom. The Morgan fingerprint density at radius 1 is 0.266 bits per heavy atom. The van der Waals surface area contributed by atoms with Crippen LogP contribution in [-0.4, -0.2) is 0 Å². The van der Waals surface area contributed by atoms with Crippen molar-refractivity contribution < 1.29 is 4.42 Å². The van der Waals surface area contributed by atoms with E-state index in [0.29, 0.717) is 0 Å². The van der Waals surface area contributed by atoms with Crippen LogP contribution in [0.25, 0.3) is 140 Å². The van der Waals surface area contributed by atoms with Gasteiger partial charge in [0.05, 0.1) is 0 Å². The minimum atomic E-state index is 0.905. The first-order valence-corrected chi connectivity index (χ1v) is 22.8. The zero-order valence-corrected chi connectivity index (χ0v) is 35.4. The molecule has 0 aliphatic rings. The lowest BCUT2D eigenvalue weighted by Gasteiger charge is -2.19. The lowest BCUT2D eigenvalue weighted by atomic mass is 9.84. The van der Waals surface area contributed by atoms with E-state index < -0.39 is 0 Å². The topological polar surface area (TPSA) is 13.1 Å². The molecule has 2 heteroatoms. The third-order valence-electron chi connectivity index (χ3n) is 13.6. The van der Waals surface area contributed by atoms with Crippen LogP contribution in [0.4, 0.5) is 0 Å². The van der Waals surface area contributed by atoms with Gasteiger partial charge in [-0.25, -0.2) is 0 Å². The van der Waals surface area contributed by atoms with Gasteiger partial charge in [0.15, 0.2) is 0 Å². The summed E-state index contributed by atoms with van der Waals surface area (Å²) < 4.78 is 9.06. The molecule has 0 amide bonds. The molecule has 0 fully saturated rings. The average molecular weight is 829 g/mol. The third-order valence-corrected chi connectivity index (χ3v) is 14.7. The van der Waals surface area contributed by atoms with Crippen molar-refractivity contribution in [2.45, 2.75) is 0 Å². The first-order chi connectivity index (χ1) is 31.7. The van der Waals surface area contributed by atoms with E-state index in [-0.39, 0.29) is 0 Å². The lowest BCUT2D eigenvalue weighted by Crippen LogP contribution is -1.91. The molecule has 1 nitrogen and oxygen atoms in total. The zero-order chi connectivity index (χ0) is 41.9. The summed E-state index contributed by atoms with van der Waals surface area (Å²) in [6.45, 7) is 0. The number of benzene rings is 12. The molecule has 0 bridgehead atoms. The molecular formula is C62H36OS. The van der Waals surface area contributed by atoms with E-state index in [9.17, 15) is 0 Å². The molecule has 0 saturated heterocycles. The zero-order valence-electron chi connectivity index (χ0n) is 34.6. The molecular weight excluding hydrogens is 793 g/mol. The van der Waals surface area contributed by atoms with Crippen molar-refractivity contribution in [3.05, 3.63) is 218 Å². The summed E-state index contributed by atoms with van der Waals surface area (Å²) in [5.74, 6) is 0. The van der Waals surface area contributed by atoms with Gasteiger partial charge in [0.2, 0.25) is 0 Å². The number of fused-ring (bicyclic) bond motifs is 11. The molecule has 14 aromatic rings. The fourth-order valence-corrected chi connectivity index (χ4v) is 12.0. The Kier molecular flexibility index (Phi) is 7.63. The lowest BCUT2D eigenvalue weighted by molar-refractivity contribution is 0.669. The molecule has 0 unspecified atom stereocenters. The fraction of sp³-hybridized carbons (Fsp3) is 0. The summed E-state index contributed by atoms with van der Waals surface area (Å²) in [4.78, 5) is 0. The second-order valence-electron chi connectivity index (χ2n) is 17.0. The van der Waals surface area contributed by atoms with Gasteiger partial charge in [-0.05, 0) is 141 Å². The van der Waals surface area contributed by atoms with E-state index >= 15 is 0 Å². The van der Waals surface area contributed by atoms with Crippen LogP contribution in [0.15, 0.2) is 223 Å². The molecule has 0 aliphatic carbocycles. The first-order valence-electron chi connectivity index (χ1n) is 22.0. The average Bonchev–Trinajstić information content (AvgIpc) is 3.91. The second kappa shape index (κ2) is 13.7. The molecule has 2 heterocycles. The number of hydrogen-bond donors (Lipinski definition) is 0. The summed E-state index contributed by atoms with van der Waals surface area (Å²) in [6.07, 6.45) is 0. The highest BCUT2D eigenvalue weighted by atomic mass is 32.1. The SMILES string of the molecule is c1ccc(-c2c3ccccc3c(-c3ccc4sc5cccc(-c6c7ccccc7c(-c7ccc8oc9cc%10ccccc%10cc9c8c7)c7ccccc67)c5c4c3)c3ccccc23)cc1. The largest absolute Gasteiger partial charge is 0.456 e. The van der Waals surface area contributed by atoms with Gasteiger partial charge in [0.25, 0.3) is 0 Å². The molecule has 64 heavy (non-hydrogen) atoms. The first kappa shape index (κ1) is 35.5. The highest BCUT2D eigenvalue weighted by Crippen LogP contribution is 2.50. The maximum Gasteiger partial charge on any atom is 0.136 e. The van der Waals surface area contributed by atoms with Crippen LogP contribution in [0.5, 0.6) is 0 Å². The van der Waals surface area contributed by atoms with E-state index in [1.807, 2.05) is 11.3 Å². The monoisotopic (exact) mass is 828 g/mol. The Hall–Kier alpha value is -8.04. The van der Waals surface area contributed by atoms with Crippen molar-refractivity contribution in [3.8, 4) is 44.5 Å². The maximum absolute atomic E-state index is 6.47. The van der Waals surface area contributed by atoms with Crippen molar-refractivity contribution in [2.75, 3.05) is 0 Å². The molecule has 12 aromatic carbocycles. The number of thiophene rings is 1. The number of furan rings is 1. The van der Waals surface area contributed by atoms with Crippen LogP contribution in [0.1, 0.15) is 0 Å². The smallest absolute Gasteiger partial charge is 0.136 e. The second-order valence-corrected chi connectivity index (χ2v) is 18.1. The van der Waals surface area contributed by atoms with Crippen molar-refractivity contribution in [2.24, 2.45) is 0 Å². The van der Waals surface area contributed by atoms with Gasteiger partial charge in [0.1, 0.15) is 11.2 Å². The molecule has 296 valence electrons. The van der Waals surface area contributed by atoms with E-state index in [0.717, 1.165) is 21.9 Å². The van der Waals surface area contributed by atoms with Crippen LogP contribution in [-0.2, 0) is 0 Å². The molecule has 2 aromatic heterocycles. The van der Waals surface area contributed by atoms with E-state index in [4.69, 9.17) is 4.42 Å². The standard InChI is InChI=1S/C62H36OS/c1-2-15-37(16-3-1)58-42-19-6-8-21-44(42)60(45-22-9-7-20-43(45)58)41-30-32-56-53(35-41)62-50(27-14-28-57(62)64-56)61-48-25-12-10-23-46(48)59(47-24-11-13-26-49(47)61)40-29-31-54-51(34-40)52-33-38-17-4-5-18-39(38)36-55(52)63-54/h1-36H. The molecule has 0 saturated carbocycles. The van der Waals surface area contributed by atoms with Gasteiger partial charge >= 0.3 is 0 Å². The Bertz CT molecular complexity index is 4130. The number of rotatable bonds is 4. The number of hydrogen-bond acceptors (Lipinski definition) is 2. The third kappa shape index (κ3) is 5.18. The van der Waals surface area contributed by atoms with E-state index in [1.54, 1.807) is 0 Å². The van der Waals surface area contributed by atoms with Crippen LogP contribution < -0.4 is 0 Å². The van der Waals surface area contributed by atoms with Gasteiger partial charge in [-0.15, -0.1) is 11.3 Å². The van der Waals surface area contributed by atoms with Gasteiger partial charge in [-0.2, -0.15) is 0 Å². The maximum atomic E-state index is 6.47. The van der Waals surface area contributed by atoms with Gasteiger partial charge in [0, 0.05) is 30.9 Å². The quantitative estimate of drug-likeness (QED) is 0.161. The van der Waals surface area contributed by atoms with Crippen molar-refractivity contribution in [3.63, 3.8) is 0 Å². The van der Waals surface area contributed by atoms with Crippen LogP contribution in [0, 0.1) is 0 Å². The van der Waals surface area contributed by atoms with Crippen molar-refractivity contribution in [1.29, 1.82) is 0 Å². The predicted octanol–water partition coefficient (Wildman–Crippen LogP) is 18.4. The van der Waals surface area contributed by atoms with Gasteiger partial charge < -0.3 is 4.42 Å². The molecule has 14 rings (SSSR count). The summed E-state index contributed by atoms with van der Waals surface area (Å²) in [7, 11) is 0. The van der Waals surface area contributed by atoms with Crippen LogP contribution >= 0.6 is 11.3 Å². The Morgan fingerprint density at radius 3 is 1.33 bits per heavy atom. The summed E-state index contributed by atoms with van der Waals surface area (Å²) in [5.41, 5.74) is 11.8. The molecule has 0 aliphatic heterocycles. The molecule has 0 atom stereocenters. The van der Waals surface area contributed by atoms with Crippen LogP contribution in [0.3, 0.4) is 0 Å². The molecule has 0 spiro atoms. The van der Waals surface area contributed by atoms with Crippen molar-refractivity contribution >= 4 is 107 Å². The summed E-state index contributed by atoms with van der Waals surface area (Å²) >= 11 is 1.89. The highest BCUT2D eigenvalue weighted by Gasteiger charge is 2.22. The highest BCUT2D eigenvalue weighted by molar-refractivity contribution is 7.26. The predicted molar refractivity (Wildman–Crippen MR) is 276 cm³/mol. The van der Waals surface area contributed by atoms with Crippen molar-refractivity contribution in [1.82, 2.24) is 0 Å². The normalized spacial score (nSPS) is 12.1. The van der Waals surface area contributed by atoms with Crippen LogP contribution in [0.2, 0.25) is 0 Å². The molecule has 0 N–H and O–H groups in total. The van der Waals surface area contributed by atoms with E-state index in [2.05, 4.69) is 218 Å². The minimum absolute atomic E-state index is 0.905. The van der Waals surface area contributed by atoms with E-state index in [1.165, 1.54) is 119 Å². The Balaban J connectivity index is 1.02. The minimum Gasteiger partial charge on any atom is -0.456 e. The Labute approximate surface area is 372 Å².